The zero-order valence-corrected chi connectivity index (χ0v) is 14.2. The predicted molar refractivity (Wildman–Crippen MR) is 93.4 cm³/mol. The van der Waals surface area contributed by atoms with Gasteiger partial charge < -0.3 is 10.2 Å². The molecule has 5 heteroatoms. The number of hydrogen-bond donors (Lipinski definition) is 1. The molecule has 1 fully saturated rings. The molecule has 0 radical (unpaired) electrons. The van der Waals surface area contributed by atoms with Crippen LogP contribution < -0.4 is 5.32 Å². The first-order chi connectivity index (χ1) is 12.0. The lowest BCUT2D eigenvalue weighted by molar-refractivity contribution is -0.128. The first-order valence-electron chi connectivity index (χ1n) is 8.39. The van der Waals surface area contributed by atoms with Crippen LogP contribution in [-0.4, -0.2) is 29.8 Å². The van der Waals surface area contributed by atoms with Crippen LogP contribution >= 0.6 is 0 Å². The second kappa shape index (κ2) is 7.47. The van der Waals surface area contributed by atoms with E-state index in [4.69, 9.17) is 0 Å². The number of nitrogens with zero attached hydrogens (tertiary/aromatic N) is 1. The largest absolute Gasteiger partial charge is 0.352 e. The van der Waals surface area contributed by atoms with E-state index in [-0.39, 0.29) is 23.5 Å². The van der Waals surface area contributed by atoms with E-state index in [0.717, 1.165) is 11.1 Å². The molecule has 130 valence electrons. The lowest BCUT2D eigenvalue weighted by Gasteiger charge is -2.17. The minimum Gasteiger partial charge on any atom is -0.352 e. The molecule has 1 atom stereocenters. The van der Waals surface area contributed by atoms with E-state index < -0.39 is 0 Å². The Hall–Kier alpha value is -2.69. The summed E-state index contributed by atoms with van der Waals surface area (Å²) in [5, 5.41) is 2.93. The molecule has 0 aromatic heterocycles. The molecular weight excluding hydrogens is 319 g/mol. The van der Waals surface area contributed by atoms with Crippen LogP contribution in [0.25, 0.3) is 0 Å². The number of likely N-dealkylation sites (tertiary alicyclic amines) is 1. The average molecular weight is 340 g/mol. The molecule has 2 aromatic carbocycles. The Balaban J connectivity index is 1.53. The van der Waals surface area contributed by atoms with Crippen LogP contribution in [-0.2, 0) is 11.3 Å². The fraction of sp³-hybridized carbons (Fsp3) is 0.300. The van der Waals surface area contributed by atoms with E-state index in [1.807, 2.05) is 25.1 Å². The van der Waals surface area contributed by atoms with Gasteiger partial charge in [0.15, 0.2) is 0 Å². The van der Waals surface area contributed by atoms with Crippen molar-refractivity contribution in [3.63, 3.8) is 0 Å². The zero-order valence-electron chi connectivity index (χ0n) is 14.2. The Labute approximate surface area is 146 Å². The van der Waals surface area contributed by atoms with Gasteiger partial charge in [0.1, 0.15) is 5.82 Å². The van der Waals surface area contributed by atoms with Gasteiger partial charge in [0, 0.05) is 37.5 Å². The van der Waals surface area contributed by atoms with Crippen molar-refractivity contribution in [3.05, 3.63) is 71.0 Å². The van der Waals surface area contributed by atoms with Gasteiger partial charge >= 0.3 is 0 Å². The third kappa shape index (κ3) is 4.24. The summed E-state index contributed by atoms with van der Waals surface area (Å²) in [4.78, 5) is 26.2. The number of benzene rings is 2. The molecule has 0 saturated carbocycles. The second-order valence-corrected chi connectivity index (χ2v) is 6.50. The molecule has 1 saturated heterocycles. The molecule has 2 amide bonds. The van der Waals surface area contributed by atoms with Crippen LogP contribution in [0.15, 0.2) is 48.5 Å². The molecule has 4 nitrogen and oxygen atoms in total. The van der Waals surface area contributed by atoms with Crippen molar-refractivity contribution in [1.82, 2.24) is 10.2 Å². The number of carbonyl (C=O) groups excluding carboxylic acids is 2. The maximum absolute atomic E-state index is 13.0. The lowest BCUT2D eigenvalue weighted by Crippen LogP contribution is -2.31. The first kappa shape index (κ1) is 17.1. The van der Waals surface area contributed by atoms with Crippen LogP contribution in [0, 0.1) is 18.7 Å². The van der Waals surface area contributed by atoms with E-state index in [1.165, 1.54) is 12.1 Å². The molecule has 3 rings (SSSR count). The Bertz CT molecular complexity index is 774. The van der Waals surface area contributed by atoms with Crippen molar-refractivity contribution < 1.29 is 14.0 Å². The van der Waals surface area contributed by atoms with Crippen LogP contribution in [0.5, 0.6) is 0 Å². The number of hydrogen-bond acceptors (Lipinski definition) is 2. The summed E-state index contributed by atoms with van der Waals surface area (Å²) in [5.41, 5.74) is 2.50. The van der Waals surface area contributed by atoms with E-state index in [0.29, 0.717) is 31.6 Å². The Morgan fingerprint density at radius 2 is 1.92 bits per heavy atom. The molecule has 0 unspecified atom stereocenters. The first-order valence-corrected chi connectivity index (χ1v) is 8.39. The van der Waals surface area contributed by atoms with Crippen molar-refractivity contribution in [1.29, 1.82) is 0 Å². The number of amides is 2. The SMILES string of the molecule is Cc1ccccc1C(=O)NC[C@@H]1CC(=O)N(Cc2ccc(F)cc2)C1. The average Bonchev–Trinajstić information content (AvgIpc) is 2.95. The molecule has 1 aliphatic heterocycles. The molecule has 1 N–H and O–H groups in total. The molecule has 1 heterocycles. The summed E-state index contributed by atoms with van der Waals surface area (Å²) in [6.45, 7) is 3.45. The number of aryl methyl sites for hydroxylation is 1. The Morgan fingerprint density at radius 1 is 1.20 bits per heavy atom. The highest BCUT2D eigenvalue weighted by Crippen LogP contribution is 2.20. The minimum absolute atomic E-state index is 0.0689. The third-order valence-corrected chi connectivity index (χ3v) is 4.52. The van der Waals surface area contributed by atoms with Gasteiger partial charge in [-0.25, -0.2) is 4.39 Å². The number of halogens is 1. The van der Waals surface area contributed by atoms with E-state index in [1.54, 1.807) is 23.1 Å². The van der Waals surface area contributed by atoms with Gasteiger partial charge in [-0.2, -0.15) is 0 Å². The maximum atomic E-state index is 13.0. The summed E-state index contributed by atoms with van der Waals surface area (Å²) in [5.74, 6) is -0.226. The highest BCUT2D eigenvalue weighted by molar-refractivity contribution is 5.95. The molecule has 0 spiro atoms. The summed E-state index contributed by atoms with van der Waals surface area (Å²) >= 11 is 0. The van der Waals surface area contributed by atoms with Gasteiger partial charge in [0.25, 0.3) is 5.91 Å². The highest BCUT2D eigenvalue weighted by atomic mass is 19.1. The van der Waals surface area contributed by atoms with Gasteiger partial charge in [-0.1, -0.05) is 30.3 Å². The van der Waals surface area contributed by atoms with Crippen LogP contribution in [0.2, 0.25) is 0 Å². The summed E-state index contributed by atoms with van der Waals surface area (Å²) < 4.78 is 13.0. The third-order valence-electron chi connectivity index (χ3n) is 4.52. The second-order valence-electron chi connectivity index (χ2n) is 6.50. The van der Waals surface area contributed by atoms with Gasteiger partial charge in [0.2, 0.25) is 5.91 Å². The zero-order chi connectivity index (χ0) is 17.8. The predicted octanol–water partition coefficient (Wildman–Crippen LogP) is 2.91. The summed E-state index contributed by atoms with van der Waals surface area (Å²) in [6, 6.07) is 13.6. The van der Waals surface area contributed by atoms with Gasteiger partial charge in [0.05, 0.1) is 0 Å². The standard InChI is InChI=1S/C20H21FN2O2/c1-14-4-2-3-5-18(14)20(25)22-11-16-10-19(24)23(13-16)12-15-6-8-17(21)9-7-15/h2-9,16H,10-13H2,1H3,(H,22,25)/t16-/m0/s1. The van der Waals surface area contributed by atoms with Gasteiger partial charge in [-0.05, 0) is 36.2 Å². The Kier molecular flexibility index (Phi) is 5.12. The fourth-order valence-electron chi connectivity index (χ4n) is 3.11. The van der Waals surface area contributed by atoms with E-state index in [2.05, 4.69) is 5.32 Å². The van der Waals surface area contributed by atoms with E-state index in [9.17, 15) is 14.0 Å². The minimum atomic E-state index is -0.284. The van der Waals surface area contributed by atoms with Gasteiger partial charge in [-0.15, -0.1) is 0 Å². The van der Waals surface area contributed by atoms with Crippen molar-refractivity contribution in [2.45, 2.75) is 19.9 Å². The van der Waals surface area contributed by atoms with E-state index >= 15 is 0 Å². The van der Waals surface area contributed by atoms with Crippen molar-refractivity contribution >= 4 is 11.8 Å². The number of rotatable bonds is 5. The molecular formula is C20H21FN2O2. The fourth-order valence-corrected chi connectivity index (χ4v) is 3.11. The number of carbonyl (C=O) groups is 2. The van der Waals surface area contributed by atoms with Crippen LogP contribution in [0.3, 0.4) is 0 Å². The molecule has 0 aliphatic carbocycles. The molecule has 25 heavy (non-hydrogen) atoms. The smallest absolute Gasteiger partial charge is 0.251 e. The van der Waals surface area contributed by atoms with Crippen molar-refractivity contribution in [2.75, 3.05) is 13.1 Å². The van der Waals surface area contributed by atoms with Crippen LogP contribution in [0.4, 0.5) is 4.39 Å². The summed E-state index contributed by atoms with van der Waals surface area (Å²) in [6.07, 6.45) is 0.426. The number of nitrogens with one attached hydrogen (secondary N) is 1. The van der Waals surface area contributed by atoms with Gasteiger partial charge in [-0.3, -0.25) is 9.59 Å². The maximum Gasteiger partial charge on any atom is 0.251 e. The van der Waals surface area contributed by atoms with Crippen LogP contribution in [0.1, 0.15) is 27.9 Å². The topological polar surface area (TPSA) is 49.4 Å². The summed E-state index contributed by atoms with van der Waals surface area (Å²) in [7, 11) is 0. The van der Waals surface area contributed by atoms with Crippen molar-refractivity contribution in [2.24, 2.45) is 5.92 Å². The highest BCUT2D eigenvalue weighted by Gasteiger charge is 2.29. The molecule has 0 bridgehead atoms. The van der Waals surface area contributed by atoms with Crippen molar-refractivity contribution in [3.8, 4) is 0 Å². The quantitative estimate of drug-likeness (QED) is 0.910. The molecule has 1 aliphatic rings. The Morgan fingerprint density at radius 3 is 2.64 bits per heavy atom. The molecule has 2 aromatic rings. The monoisotopic (exact) mass is 340 g/mol. The lowest BCUT2D eigenvalue weighted by atomic mass is 10.1. The normalized spacial score (nSPS) is 17.0.